The lowest BCUT2D eigenvalue weighted by atomic mass is 10.1. The molecule has 1 aliphatic carbocycles. The first-order chi connectivity index (χ1) is 26.0. The van der Waals surface area contributed by atoms with Gasteiger partial charge in [0, 0.05) is 79.7 Å². The zero-order valence-corrected chi connectivity index (χ0v) is 33.6. The SMILES string of the molecule is CCCCN(CCCC)c1ccc(N(c2ccc(N=C3C=CC(=[N+](CCCC)CCCC)C=C3)cc2)c2ccc(N(COCC)COCC)cc2)cc1. The molecule has 0 radical (unpaired) electrons. The van der Waals surface area contributed by atoms with Gasteiger partial charge < -0.3 is 24.2 Å². The highest BCUT2D eigenvalue weighted by Gasteiger charge is 2.16. The van der Waals surface area contributed by atoms with Crippen molar-refractivity contribution in [1.82, 2.24) is 0 Å². The van der Waals surface area contributed by atoms with E-state index in [1.807, 2.05) is 13.8 Å². The molecule has 0 heterocycles. The van der Waals surface area contributed by atoms with E-state index in [0.29, 0.717) is 26.7 Å². The Morgan fingerprint density at radius 3 is 1.34 bits per heavy atom. The molecule has 0 unspecified atom stereocenters. The van der Waals surface area contributed by atoms with Gasteiger partial charge in [-0.1, -0.05) is 53.4 Å². The zero-order chi connectivity index (χ0) is 37.7. The van der Waals surface area contributed by atoms with Gasteiger partial charge >= 0.3 is 0 Å². The van der Waals surface area contributed by atoms with Gasteiger partial charge in [-0.2, -0.15) is 0 Å². The Morgan fingerprint density at radius 1 is 0.491 bits per heavy atom. The number of benzene rings is 3. The summed E-state index contributed by atoms with van der Waals surface area (Å²) in [5, 5.41) is 0. The molecule has 7 heteroatoms. The monoisotopic (exact) mass is 721 g/mol. The molecule has 7 nitrogen and oxygen atoms in total. The number of unbranched alkanes of at least 4 members (excludes halogenated alkanes) is 4. The van der Waals surface area contributed by atoms with Crippen molar-refractivity contribution < 1.29 is 14.0 Å². The van der Waals surface area contributed by atoms with Crippen LogP contribution in [0.25, 0.3) is 0 Å². The molecular weight excluding hydrogens is 655 g/mol. The molecule has 286 valence electrons. The summed E-state index contributed by atoms with van der Waals surface area (Å²) in [5.41, 5.74) is 8.81. The van der Waals surface area contributed by atoms with Crippen LogP contribution in [-0.2, 0) is 9.47 Å². The van der Waals surface area contributed by atoms with Crippen molar-refractivity contribution in [2.75, 3.05) is 67.6 Å². The Morgan fingerprint density at radius 2 is 0.906 bits per heavy atom. The molecule has 53 heavy (non-hydrogen) atoms. The van der Waals surface area contributed by atoms with E-state index >= 15 is 0 Å². The molecule has 0 atom stereocenters. The van der Waals surface area contributed by atoms with E-state index < -0.39 is 0 Å². The quantitative estimate of drug-likeness (QED) is 0.0524. The van der Waals surface area contributed by atoms with Gasteiger partial charge in [0.05, 0.1) is 11.4 Å². The molecule has 0 N–H and O–H groups in total. The van der Waals surface area contributed by atoms with Gasteiger partial charge in [0.15, 0.2) is 5.71 Å². The van der Waals surface area contributed by atoms with Crippen molar-refractivity contribution in [2.45, 2.75) is 92.9 Å². The lowest BCUT2D eigenvalue weighted by molar-refractivity contribution is -0.527. The summed E-state index contributed by atoms with van der Waals surface area (Å²) in [4.78, 5) is 12.0. The van der Waals surface area contributed by atoms with E-state index in [9.17, 15) is 0 Å². The molecule has 3 aromatic carbocycles. The van der Waals surface area contributed by atoms with Crippen LogP contribution in [0.4, 0.5) is 34.1 Å². The van der Waals surface area contributed by atoms with Crippen LogP contribution in [-0.4, -0.2) is 68.9 Å². The van der Waals surface area contributed by atoms with Crippen molar-refractivity contribution in [3.63, 3.8) is 0 Å². The highest BCUT2D eigenvalue weighted by atomic mass is 16.5. The topological polar surface area (TPSA) is 43.6 Å². The first-order valence-corrected chi connectivity index (χ1v) is 20.4. The van der Waals surface area contributed by atoms with Crippen LogP contribution in [0.1, 0.15) is 92.9 Å². The van der Waals surface area contributed by atoms with Crippen LogP contribution in [0.3, 0.4) is 0 Å². The largest absolute Gasteiger partial charge is 0.372 e. The fourth-order valence-corrected chi connectivity index (χ4v) is 6.36. The highest BCUT2D eigenvalue weighted by Crippen LogP contribution is 2.37. The summed E-state index contributed by atoms with van der Waals surface area (Å²) in [6.07, 6.45) is 18.4. The standard InChI is InChI=1S/C46H66N5O2/c1-7-13-33-48(34-14-8-2)41-21-17-39(18-22-41)47-40-19-23-44(24-20-40)51(45-29-25-42(26-30-45)49(35-15-9-3)36-16-10-4)46-31-27-43(28-32-46)50(37-52-11-5)38-53-12-6/h17-32H,7-16,33-38H2,1-6H3/q+1. The van der Waals surface area contributed by atoms with Crippen LogP contribution in [0, 0.1) is 0 Å². The minimum absolute atomic E-state index is 0.483. The van der Waals surface area contributed by atoms with E-state index in [4.69, 9.17) is 14.5 Å². The van der Waals surface area contributed by atoms with Gasteiger partial charge in [0.2, 0.25) is 0 Å². The highest BCUT2D eigenvalue weighted by molar-refractivity contribution is 6.17. The molecule has 0 bridgehead atoms. The van der Waals surface area contributed by atoms with Crippen LogP contribution in [0.2, 0.25) is 0 Å². The third kappa shape index (κ3) is 13.0. The molecule has 1 aliphatic rings. The number of hydrogen-bond acceptors (Lipinski definition) is 6. The van der Waals surface area contributed by atoms with Crippen molar-refractivity contribution in [2.24, 2.45) is 4.99 Å². The van der Waals surface area contributed by atoms with Crippen molar-refractivity contribution in [3.05, 3.63) is 97.1 Å². The zero-order valence-electron chi connectivity index (χ0n) is 33.6. The fraction of sp³-hybridized carbons (Fsp3) is 0.478. The predicted molar refractivity (Wildman–Crippen MR) is 229 cm³/mol. The number of anilines is 5. The van der Waals surface area contributed by atoms with Crippen molar-refractivity contribution in [3.8, 4) is 0 Å². The normalized spacial score (nSPS) is 12.3. The Kier molecular flexibility index (Phi) is 18.4. The molecule has 0 saturated carbocycles. The molecule has 0 aromatic heterocycles. The number of nitrogens with zero attached hydrogens (tertiary/aromatic N) is 5. The van der Waals surface area contributed by atoms with E-state index in [1.54, 1.807) is 0 Å². The molecular formula is C46H66N5O2+. The van der Waals surface area contributed by atoms with Gasteiger partial charge in [0.1, 0.15) is 26.6 Å². The molecule has 3 aromatic rings. The first-order valence-electron chi connectivity index (χ1n) is 20.4. The third-order valence-corrected chi connectivity index (χ3v) is 9.56. The third-order valence-electron chi connectivity index (χ3n) is 9.56. The van der Waals surface area contributed by atoms with E-state index in [1.165, 1.54) is 62.8 Å². The maximum Gasteiger partial charge on any atom is 0.200 e. The fourth-order valence-electron chi connectivity index (χ4n) is 6.36. The molecule has 0 saturated heterocycles. The molecule has 0 amide bonds. The second kappa shape index (κ2) is 23.5. The van der Waals surface area contributed by atoms with Gasteiger partial charge in [-0.05, 0) is 112 Å². The summed E-state index contributed by atoms with van der Waals surface area (Å²) in [5.74, 6) is 0. The number of rotatable bonds is 24. The predicted octanol–water partition coefficient (Wildman–Crippen LogP) is 11.6. The summed E-state index contributed by atoms with van der Waals surface area (Å²) in [6.45, 7) is 19.7. The number of aliphatic imine (C=N–C) groups is 1. The average molecular weight is 721 g/mol. The van der Waals surface area contributed by atoms with Gasteiger partial charge in [-0.15, -0.1) is 0 Å². The second-order valence-corrected chi connectivity index (χ2v) is 13.7. The second-order valence-electron chi connectivity index (χ2n) is 13.7. The van der Waals surface area contributed by atoms with E-state index in [0.717, 1.165) is 60.3 Å². The lowest BCUT2D eigenvalue weighted by Crippen LogP contribution is -2.29. The van der Waals surface area contributed by atoms with Crippen molar-refractivity contribution in [1.29, 1.82) is 0 Å². The minimum atomic E-state index is 0.483. The summed E-state index contributed by atoms with van der Waals surface area (Å²) in [6, 6.07) is 26.4. The first kappa shape index (κ1) is 41.6. The van der Waals surface area contributed by atoms with E-state index in [2.05, 4.69) is 144 Å². The van der Waals surface area contributed by atoms with Crippen LogP contribution in [0.5, 0.6) is 0 Å². The van der Waals surface area contributed by atoms with Crippen LogP contribution < -0.4 is 14.7 Å². The molecule has 0 aliphatic heterocycles. The Hall–Kier alpha value is -4.20. The number of ether oxygens (including phenoxy) is 2. The smallest absolute Gasteiger partial charge is 0.200 e. The summed E-state index contributed by atoms with van der Waals surface area (Å²) >= 11 is 0. The Bertz CT molecular complexity index is 1480. The van der Waals surface area contributed by atoms with E-state index in [-0.39, 0.29) is 0 Å². The lowest BCUT2D eigenvalue weighted by Gasteiger charge is -2.29. The summed E-state index contributed by atoms with van der Waals surface area (Å²) in [7, 11) is 0. The average Bonchev–Trinajstić information content (AvgIpc) is 3.20. The molecule has 0 spiro atoms. The minimum Gasteiger partial charge on any atom is -0.372 e. The van der Waals surface area contributed by atoms with Gasteiger partial charge in [-0.3, -0.25) is 0 Å². The Balaban J connectivity index is 1.64. The van der Waals surface area contributed by atoms with Crippen LogP contribution >= 0.6 is 0 Å². The van der Waals surface area contributed by atoms with Crippen LogP contribution in [0.15, 0.2) is 102 Å². The Labute approximate surface area is 321 Å². The van der Waals surface area contributed by atoms with Crippen molar-refractivity contribution >= 4 is 45.5 Å². The number of allylic oxidation sites excluding steroid dienone is 4. The maximum absolute atomic E-state index is 5.76. The van der Waals surface area contributed by atoms with Gasteiger partial charge in [-0.25, -0.2) is 9.57 Å². The number of hydrogen-bond donors (Lipinski definition) is 0. The molecule has 4 rings (SSSR count). The summed E-state index contributed by atoms with van der Waals surface area (Å²) < 4.78 is 14.0. The molecule has 0 fully saturated rings. The maximum atomic E-state index is 5.76. The van der Waals surface area contributed by atoms with Gasteiger partial charge in [0.25, 0.3) is 0 Å².